The minimum absolute atomic E-state index is 0.365. The summed E-state index contributed by atoms with van der Waals surface area (Å²) < 4.78 is 0. The van der Waals surface area contributed by atoms with E-state index in [1.165, 1.54) is 0 Å². The van der Waals surface area contributed by atoms with E-state index in [0.717, 1.165) is 5.56 Å². The van der Waals surface area contributed by atoms with Gasteiger partial charge in [-0.3, -0.25) is 0 Å². The number of rotatable bonds is 4. The van der Waals surface area contributed by atoms with Gasteiger partial charge in [0.15, 0.2) is 0 Å². The fraction of sp³-hybridized carbons (Fsp3) is 0.500. The monoisotopic (exact) mass is 244 g/mol. The van der Waals surface area contributed by atoms with Crippen molar-refractivity contribution in [1.29, 1.82) is 0 Å². The second kappa shape index (κ2) is 9.09. The topological polar surface area (TPSA) is 101 Å². The van der Waals surface area contributed by atoms with Crippen molar-refractivity contribution in [2.24, 2.45) is 0 Å². The second-order valence-corrected chi connectivity index (χ2v) is 3.62. The quantitative estimate of drug-likeness (QED) is 0.488. The van der Waals surface area contributed by atoms with Gasteiger partial charge in [-0.05, 0) is 12.5 Å². The summed E-state index contributed by atoms with van der Waals surface area (Å²) in [6, 6.07) is 9.12. The van der Waals surface area contributed by atoms with Crippen LogP contribution in [0.2, 0.25) is 0 Å². The van der Waals surface area contributed by atoms with Gasteiger partial charge in [0, 0.05) is 0 Å². The predicted octanol–water partition coefficient (Wildman–Crippen LogP) is -0.567. The summed E-state index contributed by atoms with van der Waals surface area (Å²) >= 11 is 0. The van der Waals surface area contributed by atoms with Crippen molar-refractivity contribution >= 4 is 0 Å². The van der Waals surface area contributed by atoms with Crippen LogP contribution in [0.5, 0.6) is 0 Å². The van der Waals surface area contributed by atoms with Crippen LogP contribution in [0.4, 0.5) is 0 Å². The van der Waals surface area contributed by atoms with E-state index < -0.39 is 18.3 Å². The standard InChI is InChI=1S/C9H12O2.C3H8O3/c1-7(10)9(11)8-5-3-2-4-6-8;4-1-3(6)2-5/h2-7,9-11H,1H3;3-6H,1-2H2. The van der Waals surface area contributed by atoms with E-state index in [1.54, 1.807) is 19.1 Å². The Hall–Kier alpha value is -0.980. The van der Waals surface area contributed by atoms with E-state index in [0.29, 0.717) is 0 Å². The molecule has 0 fully saturated rings. The lowest BCUT2D eigenvalue weighted by molar-refractivity contribution is 0.0305. The largest absolute Gasteiger partial charge is 0.394 e. The average molecular weight is 244 g/mol. The first-order valence-electron chi connectivity index (χ1n) is 5.33. The number of aliphatic hydroxyl groups is 5. The molecule has 0 heterocycles. The van der Waals surface area contributed by atoms with Crippen LogP contribution in [0.1, 0.15) is 18.6 Å². The molecule has 0 saturated heterocycles. The van der Waals surface area contributed by atoms with E-state index in [2.05, 4.69) is 0 Å². The minimum Gasteiger partial charge on any atom is -0.394 e. The fourth-order valence-corrected chi connectivity index (χ4v) is 0.986. The van der Waals surface area contributed by atoms with Gasteiger partial charge in [-0.25, -0.2) is 0 Å². The Morgan fingerprint density at radius 1 is 0.941 bits per heavy atom. The summed E-state index contributed by atoms with van der Waals surface area (Å²) in [5, 5.41) is 42.4. The molecule has 0 amide bonds. The van der Waals surface area contributed by atoms with Crippen molar-refractivity contribution in [1.82, 2.24) is 0 Å². The van der Waals surface area contributed by atoms with E-state index in [-0.39, 0.29) is 13.2 Å². The van der Waals surface area contributed by atoms with Crippen LogP contribution in [-0.4, -0.2) is 51.0 Å². The van der Waals surface area contributed by atoms with Crippen LogP contribution < -0.4 is 0 Å². The number of hydrogen-bond donors (Lipinski definition) is 5. The normalized spacial score (nSPS) is 13.8. The van der Waals surface area contributed by atoms with Gasteiger partial charge < -0.3 is 25.5 Å². The van der Waals surface area contributed by atoms with E-state index in [9.17, 15) is 5.11 Å². The molecule has 5 N–H and O–H groups in total. The number of benzene rings is 1. The molecule has 0 aliphatic heterocycles. The molecule has 0 aromatic heterocycles. The first kappa shape index (κ1) is 16.0. The van der Waals surface area contributed by atoms with E-state index in [4.69, 9.17) is 20.4 Å². The van der Waals surface area contributed by atoms with Crippen LogP contribution in [0, 0.1) is 0 Å². The predicted molar refractivity (Wildman–Crippen MR) is 63.3 cm³/mol. The van der Waals surface area contributed by atoms with Gasteiger partial charge in [-0.1, -0.05) is 30.3 Å². The lowest BCUT2D eigenvalue weighted by atomic mass is 10.1. The molecule has 1 aromatic rings. The molecular formula is C12H20O5. The van der Waals surface area contributed by atoms with E-state index >= 15 is 0 Å². The molecule has 0 aliphatic rings. The van der Waals surface area contributed by atoms with Crippen LogP contribution in [0.15, 0.2) is 30.3 Å². The molecule has 5 heteroatoms. The zero-order chi connectivity index (χ0) is 13.3. The van der Waals surface area contributed by atoms with Crippen molar-refractivity contribution < 1.29 is 25.5 Å². The molecule has 17 heavy (non-hydrogen) atoms. The third-order valence-electron chi connectivity index (χ3n) is 2.02. The third kappa shape index (κ3) is 7.04. The highest BCUT2D eigenvalue weighted by Gasteiger charge is 2.11. The van der Waals surface area contributed by atoms with Gasteiger partial charge in [0.1, 0.15) is 12.2 Å². The van der Waals surface area contributed by atoms with Crippen LogP contribution >= 0.6 is 0 Å². The zero-order valence-corrected chi connectivity index (χ0v) is 9.77. The lowest BCUT2D eigenvalue weighted by Crippen LogP contribution is -2.15. The first-order valence-corrected chi connectivity index (χ1v) is 5.33. The summed E-state index contributed by atoms with van der Waals surface area (Å²) in [4.78, 5) is 0. The molecule has 2 unspecified atom stereocenters. The molecule has 0 spiro atoms. The Bertz CT molecular complexity index is 271. The maximum atomic E-state index is 9.35. The molecule has 0 bridgehead atoms. The summed E-state index contributed by atoms with van der Waals surface area (Å²) in [6.45, 7) is 0.838. The highest BCUT2D eigenvalue weighted by Crippen LogP contribution is 2.15. The van der Waals surface area contributed by atoms with Gasteiger partial charge in [0.05, 0.1) is 19.3 Å². The van der Waals surface area contributed by atoms with Gasteiger partial charge in [0.25, 0.3) is 0 Å². The van der Waals surface area contributed by atoms with E-state index in [1.807, 2.05) is 18.2 Å². The average Bonchev–Trinajstić information content (AvgIpc) is 2.38. The van der Waals surface area contributed by atoms with Gasteiger partial charge in [0.2, 0.25) is 0 Å². The molecular weight excluding hydrogens is 224 g/mol. The van der Waals surface area contributed by atoms with Crippen molar-refractivity contribution in [3.8, 4) is 0 Å². The highest BCUT2D eigenvalue weighted by molar-refractivity contribution is 5.17. The fourth-order valence-electron chi connectivity index (χ4n) is 0.986. The Kier molecular flexibility index (Phi) is 8.57. The van der Waals surface area contributed by atoms with Crippen LogP contribution in [-0.2, 0) is 0 Å². The molecule has 0 radical (unpaired) electrons. The lowest BCUT2D eigenvalue weighted by Gasteiger charge is -2.12. The maximum Gasteiger partial charge on any atom is 0.105 e. The Balaban J connectivity index is 0.000000366. The summed E-state index contributed by atoms with van der Waals surface area (Å²) in [5.41, 5.74) is 0.752. The zero-order valence-electron chi connectivity index (χ0n) is 9.77. The number of aliphatic hydroxyl groups excluding tert-OH is 5. The number of hydrogen-bond acceptors (Lipinski definition) is 5. The van der Waals surface area contributed by atoms with Crippen molar-refractivity contribution in [3.63, 3.8) is 0 Å². The van der Waals surface area contributed by atoms with Crippen molar-refractivity contribution in [2.45, 2.75) is 25.2 Å². The van der Waals surface area contributed by atoms with Crippen LogP contribution in [0.25, 0.3) is 0 Å². The molecule has 2 atom stereocenters. The molecule has 1 aromatic carbocycles. The third-order valence-corrected chi connectivity index (χ3v) is 2.02. The molecule has 0 saturated carbocycles. The smallest absolute Gasteiger partial charge is 0.105 e. The first-order chi connectivity index (χ1) is 8.02. The SMILES string of the molecule is CC(O)C(O)c1ccccc1.OCC(O)CO. The molecule has 1 rings (SSSR count). The van der Waals surface area contributed by atoms with Crippen LogP contribution in [0.3, 0.4) is 0 Å². The molecule has 98 valence electrons. The molecule has 0 aliphatic carbocycles. The minimum atomic E-state index is -0.954. The summed E-state index contributed by atoms with van der Waals surface area (Å²) in [6.07, 6.45) is -2.43. The maximum absolute atomic E-state index is 9.35. The van der Waals surface area contributed by atoms with Crippen molar-refractivity contribution in [3.05, 3.63) is 35.9 Å². The summed E-state index contributed by atoms with van der Waals surface area (Å²) in [7, 11) is 0. The Morgan fingerprint density at radius 3 is 1.71 bits per heavy atom. The molecule has 5 nitrogen and oxygen atoms in total. The highest BCUT2D eigenvalue weighted by atomic mass is 16.3. The Morgan fingerprint density at radius 2 is 1.41 bits per heavy atom. The second-order valence-electron chi connectivity index (χ2n) is 3.62. The van der Waals surface area contributed by atoms with Crippen molar-refractivity contribution in [2.75, 3.05) is 13.2 Å². The van der Waals surface area contributed by atoms with Gasteiger partial charge in [-0.2, -0.15) is 0 Å². The Labute approximate surface area is 101 Å². The summed E-state index contributed by atoms with van der Waals surface area (Å²) in [5.74, 6) is 0. The van der Waals surface area contributed by atoms with Gasteiger partial charge in [-0.15, -0.1) is 0 Å². The van der Waals surface area contributed by atoms with Gasteiger partial charge >= 0.3 is 0 Å².